The van der Waals surface area contributed by atoms with Gasteiger partial charge in [0.15, 0.2) is 0 Å². The molecule has 1 amide bonds. The van der Waals surface area contributed by atoms with Gasteiger partial charge < -0.3 is 10.8 Å². The summed E-state index contributed by atoms with van der Waals surface area (Å²) in [4.78, 5) is 15.0. The monoisotopic (exact) mass is 369 g/mol. The minimum Gasteiger partial charge on any atom is -0.508 e. The highest BCUT2D eigenvalue weighted by molar-refractivity contribution is 5.85. The molecule has 1 radical (unpaired) electrons. The van der Waals surface area contributed by atoms with Gasteiger partial charge in [0.05, 0.1) is 0 Å². The molecule has 4 heteroatoms. The van der Waals surface area contributed by atoms with Crippen LogP contribution < -0.4 is 5.73 Å². The van der Waals surface area contributed by atoms with Crippen LogP contribution in [0.2, 0.25) is 0 Å². The lowest BCUT2D eigenvalue weighted by Crippen LogP contribution is -2.59. The van der Waals surface area contributed by atoms with Crippen molar-refractivity contribution in [3.05, 3.63) is 36.2 Å². The van der Waals surface area contributed by atoms with Gasteiger partial charge in [0.1, 0.15) is 11.3 Å². The molecular weight excluding hydrogens is 336 g/mol. The third-order valence-corrected chi connectivity index (χ3v) is 7.37. The number of hydrogen-bond donors (Lipinski definition) is 2. The molecule has 1 aromatic carbocycles. The number of amides is 1. The van der Waals surface area contributed by atoms with Crippen LogP contribution in [0, 0.1) is 12.3 Å². The molecule has 2 heterocycles. The van der Waals surface area contributed by atoms with Crippen LogP contribution in [0.15, 0.2) is 24.3 Å². The van der Waals surface area contributed by atoms with Crippen molar-refractivity contribution in [1.82, 2.24) is 4.90 Å². The standard InChI is InChI=1S/C23H33N2O2/c24-22(27)23-12-11-20(14-19(16-23)18-9-4-10-21(26)15-18)25(23)13-5-8-17-6-2-1-3-7-17/h4-5,9-10,15,17,19-20,26H,1-3,6-8,11-14,16H2,(H2,24,27)/t19-,20+,23-/m1/s1. The van der Waals surface area contributed by atoms with Gasteiger partial charge in [-0.25, -0.2) is 0 Å². The maximum absolute atomic E-state index is 12.6. The van der Waals surface area contributed by atoms with Crippen molar-refractivity contribution in [3.8, 4) is 5.75 Å². The van der Waals surface area contributed by atoms with E-state index in [-0.39, 0.29) is 5.91 Å². The van der Waals surface area contributed by atoms with Gasteiger partial charge in [-0.15, -0.1) is 0 Å². The number of phenolic OH excluding ortho intramolecular Hbond substituents is 1. The number of carbonyl (C=O) groups excluding carboxylic acids is 1. The molecule has 2 bridgehead atoms. The normalized spacial score (nSPS) is 31.9. The highest BCUT2D eigenvalue weighted by Gasteiger charge is 2.55. The molecular formula is C23H33N2O2. The molecule has 1 aromatic rings. The first kappa shape index (κ1) is 18.8. The second kappa shape index (κ2) is 7.83. The number of aromatic hydroxyl groups is 1. The Balaban J connectivity index is 1.44. The second-order valence-corrected chi connectivity index (χ2v) is 9.00. The minimum atomic E-state index is -0.512. The Bertz CT molecular complexity index is 670. The van der Waals surface area contributed by atoms with Crippen LogP contribution in [0.3, 0.4) is 0 Å². The molecule has 3 N–H and O–H groups in total. The maximum atomic E-state index is 12.6. The summed E-state index contributed by atoms with van der Waals surface area (Å²) in [5.74, 6) is 1.27. The lowest BCUT2D eigenvalue weighted by molar-refractivity contribution is -0.131. The highest BCUT2D eigenvalue weighted by Crippen LogP contribution is 2.50. The number of primary amides is 1. The Hall–Kier alpha value is -1.55. The fourth-order valence-corrected chi connectivity index (χ4v) is 5.93. The number of piperidine rings is 1. The number of nitrogens with two attached hydrogens (primary N) is 1. The minimum absolute atomic E-state index is 0.166. The summed E-state index contributed by atoms with van der Waals surface area (Å²) in [5.41, 5.74) is 6.60. The largest absolute Gasteiger partial charge is 0.508 e. The SMILES string of the molecule is NC(=O)[C@@]12CC[C@@H](C[C@@H](c3cccc(O)c3)C1)N2C[CH]CC1CCCCC1. The zero-order valence-corrected chi connectivity index (χ0v) is 16.3. The lowest BCUT2D eigenvalue weighted by Gasteiger charge is -2.46. The lowest BCUT2D eigenvalue weighted by atomic mass is 9.77. The van der Waals surface area contributed by atoms with E-state index in [4.69, 9.17) is 5.73 Å². The van der Waals surface area contributed by atoms with E-state index >= 15 is 0 Å². The van der Waals surface area contributed by atoms with Gasteiger partial charge in [0, 0.05) is 12.6 Å². The fraction of sp³-hybridized carbons (Fsp3) is 0.652. The first-order valence-corrected chi connectivity index (χ1v) is 10.8. The number of rotatable bonds is 6. The fourth-order valence-electron chi connectivity index (χ4n) is 5.93. The topological polar surface area (TPSA) is 66.6 Å². The predicted molar refractivity (Wildman–Crippen MR) is 107 cm³/mol. The van der Waals surface area contributed by atoms with Gasteiger partial charge in [-0.3, -0.25) is 9.69 Å². The molecule has 0 aromatic heterocycles. The van der Waals surface area contributed by atoms with Gasteiger partial charge in [-0.05, 0) is 68.1 Å². The van der Waals surface area contributed by atoms with Crippen LogP contribution in [0.5, 0.6) is 5.75 Å². The molecule has 4 nitrogen and oxygen atoms in total. The Labute approximate surface area is 163 Å². The van der Waals surface area contributed by atoms with Crippen molar-refractivity contribution >= 4 is 5.91 Å². The molecule has 27 heavy (non-hydrogen) atoms. The van der Waals surface area contributed by atoms with Gasteiger partial charge in [-0.2, -0.15) is 0 Å². The van der Waals surface area contributed by atoms with Gasteiger partial charge in [-0.1, -0.05) is 44.2 Å². The van der Waals surface area contributed by atoms with E-state index in [1.54, 1.807) is 6.07 Å². The predicted octanol–water partition coefficient (Wildman–Crippen LogP) is 4.13. The van der Waals surface area contributed by atoms with Crippen molar-refractivity contribution in [1.29, 1.82) is 0 Å². The summed E-state index contributed by atoms with van der Waals surface area (Å²) < 4.78 is 0. The van der Waals surface area contributed by atoms with E-state index in [1.807, 2.05) is 12.1 Å². The molecule has 0 spiro atoms. The Kier molecular flexibility index (Phi) is 5.45. The second-order valence-electron chi connectivity index (χ2n) is 9.00. The van der Waals surface area contributed by atoms with E-state index in [9.17, 15) is 9.90 Å². The maximum Gasteiger partial charge on any atom is 0.237 e. The zero-order valence-electron chi connectivity index (χ0n) is 16.3. The number of fused-ring (bicyclic) bond motifs is 2. The average molecular weight is 370 g/mol. The zero-order chi connectivity index (χ0) is 18.9. The Morgan fingerprint density at radius 2 is 2.07 bits per heavy atom. The van der Waals surface area contributed by atoms with Crippen LogP contribution in [0.1, 0.15) is 75.7 Å². The van der Waals surface area contributed by atoms with Crippen molar-refractivity contribution < 1.29 is 9.90 Å². The van der Waals surface area contributed by atoms with Crippen molar-refractivity contribution in [2.24, 2.45) is 11.7 Å². The third kappa shape index (κ3) is 3.73. The van der Waals surface area contributed by atoms with Crippen LogP contribution in [0.4, 0.5) is 0 Å². The smallest absolute Gasteiger partial charge is 0.237 e. The highest BCUT2D eigenvalue weighted by atomic mass is 16.3. The molecule has 3 aliphatic rings. The van der Waals surface area contributed by atoms with E-state index in [0.29, 0.717) is 17.7 Å². The number of phenols is 1. The van der Waals surface area contributed by atoms with Crippen molar-refractivity contribution in [3.63, 3.8) is 0 Å². The molecule has 1 saturated carbocycles. The van der Waals surface area contributed by atoms with Gasteiger partial charge in [0.25, 0.3) is 0 Å². The van der Waals surface area contributed by atoms with Gasteiger partial charge >= 0.3 is 0 Å². The van der Waals surface area contributed by atoms with Crippen LogP contribution in [0.25, 0.3) is 0 Å². The molecule has 1 aliphatic carbocycles. The number of carbonyl (C=O) groups is 1. The first-order chi connectivity index (χ1) is 13.1. The summed E-state index contributed by atoms with van der Waals surface area (Å²) in [6.07, 6.45) is 14.2. The molecule has 3 atom stereocenters. The molecule has 0 unspecified atom stereocenters. The van der Waals surface area contributed by atoms with E-state index in [0.717, 1.165) is 43.7 Å². The van der Waals surface area contributed by atoms with Crippen molar-refractivity contribution in [2.75, 3.05) is 6.54 Å². The van der Waals surface area contributed by atoms with Crippen LogP contribution >= 0.6 is 0 Å². The van der Waals surface area contributed by atoms with E-state index in [1.165, 1.54) is 38.5 Å². The number of hydrogen-bond acceptors (Lipinski definition) is 3. The summed E-state index contributed by atoms with van der Waals surface area (Å²) >= 11 is 0. The van der Waals surface area contributed by atoms with Gasteiger partial charge in [0.2, 0.25) is 5.91 Å². The number of nitrogens with zero attached hydrogens (tertiary/aromatic N) is 1. The summed E-state index contributed by atoms with van der Waals surface area (Å²) in [7, 11) is 0. The molecule has 3 fully saturated rings. The molecule has 2 aliphatic heterocycles. The first-order valence-electron chi connectivity index (χ1n) is 10.8. The van der Waals surface area contributed by atoms with E-state index in [2.05, 4.69) is 17.4 Å². The van der Waals surface area contributed by atoms with Crippen LogP contribution in [-0.2, 0) is 4.79 Å². The summed E-state index contributed by atoms with van der Waals surface area (Å²) in [6.45, 7) is 0.886. The summed E-state index contributed by atoms with van der Waals surface area (Å²) in [5, 5.41) is 9.85. The van der Waals surface area contributed by atoms with Crippen molar-refractivity contribution in [2.45, 2.75) is 81.7 Å². The summed E-state index contributed by atoms with van der Waals surface area (Å²) in [6, 6.07) is 7.94. The Morgan fingerprint density at radius 3 is 2.81 bits per heavy atom. The molecule has 2 saturated heterocycles. The van der Waals surface area contributed by atoms with Crippen LogP contribution in [-0.4, -0.2) is 34.0 Å². The Morgan fingerprint density at radius 1 is 1.26 bits per heavy atom. The molecule has 147 valence electrons. The quantitative estimate of drug-likeness (QED) is 0.792. The third-order valence-electron chi connectivity index (χ3n) is 7.37. The number of benzene rings is 1. The van der Waals surface area contributed by atoms with E-state index < -0.39 is 5.54 Å². The average Bonchev–Trinajstić information content (AvgIpc) is 2.88. The molecule has 4 rings (SSSR count).